The van der Waals surface area contributed by atoms with Crippen molar-refractivity contribution in [2.24, 2.45) is 0 Å². The second kappa shape index (κ2) is 10.8. The normalized spacial score (nSPS) is 12.6. The number of hydrogen-bond donors (Lipinski definition) is 0. The van der Waals surface area contributed by atoms with Gasteiger partial charge in [-0.3, -0.25) is 0 Å². The third kappa shape index (κ3) is 36.9. The predicted octanol–water partition coefficient (Wildman–Crippen LogP) is 5.62. The van der Waals surface area contributed by atoms with E-state index >= 15 is 0 Å². The summed E-state index contributed by atoms with van der Waals surface area (Å²) in [5.74, 6) is 0. The molecule has 8 radical (unpaired) electrons. The Labute approximate surface area is 163 Å². The fourth-order valence-electron chi connectivity index (χ4n) is 2.60. The molecule has 0 fully saturated rings. The molecule has 0 aromatic carbocycles. The Morgan fingerprint density at radius 3 is 0.500 bits per heavy atom. The SMILES string of the molecule is C[Si](C)(C)[CH][Si](C)(C)C.C[Si](C)(C)[CH][Si](C)(C)C.[Ga].[Ga].[HH].[HH]. The molecule has 120 valence electrons. The summed E-state index contributed by atoms with van der Waals surface area (Å²) in [4.78, 5) is 0. The van der Waals surface area contributed by atoms with Crippen LogP contribution in [0.25, 0.3) is 0 Å². The van der Waals surface area contributed by atoms with Gasteiger partial charge in [-0.05, 0) is 0 Å². The van der Waals surface area contributed by atoms with Crippen LogP contribution in [0, 0.1) is 11.3 Å². The fraction of sp³-hybridized carbons (Fsp3) is 0.857. The van der Waals surface area contributed by atoms with Crippen LogP contribution in [0.3, 0.4) is 0 Å². The van der Waals surface area contributed by atoms with Crippen molar-refractivity contribution < 1.29 is 2.85 Å². The van der Waals surface area contributed by atoms with Crippen LogP contribution in [0.1, 0.15) is 2.85 Å². The van der Waals surface area contributed by atoms with E-state index < -0.39 is 32.3 Å². The minimum atomic E-state index is -0.856. The summed E-state index contributed by atoms with van der Waals surface area (Å²) in [6.07, 6.45) is 0. The third-order valence-electron chi connectivity index (χ3n) is 1.73. The van der Waals surface area contributed by atoms with Crippen LogP contribution in [0.5, 0.6) is 0 Å². The second-order valence-electron chi connectivity index (χ2n) is 9.75. The summed E-state index contributed by atoms with van der Waals surface area (Å²) in [5, 5.41) is 0. The van der Waals surface area contributed by atoms with Crippen molar-refractivity contribution in [2.45, 2.75) is 78.6 Å². The maximum Gasteiger partial charge on any atom is 0.0444 e. The molecule has 0 N–H and O–H groups in total. The van der Waals surface area contributed by atoms with Crippen molar-refractivity contribution in [2.75, 3.05) is 0 Å². The predicted molar refractivity (Wildman–Crippen MR) is 118 cm³/mol. The van der Waals surface area contributed by atoms with E-state index in [0.717, 1.165) is 0 Å². The molecule has 20 heavy (non-hydrogen) atoms. The van der Waals surface area contributed by atoms with E-state index in [0.29, 0.717) is 0 Å². The first-order valence-electron chi connectivity index (χ1n) is 7.15. The van der Waals surface area contributed by atoms with Crippen molar-refractivity contribution in [3.05, 3.63) is 11.3 Å². The molecule has 0 aromatic heterocycles. The van der Waals surface area contributed by atoms with Crippen LogP contribution in [-0.2, 0) is 0 Å². The Bertz CT molecular complexity index is 189. The van der Waals surface area contributed by atoms with Crippen molar-refractivity contribution in [1.29, 1.82) is 0 Å². The monoisotopic (exact) mass is 460 g/mol. The molecule has 0 nitrogen and oxygen atoms in total. The van der Waals surface area contributed by atoms with Gasteiger partial charge in [0.05, 0.1) is 0 Å². The van der Waals surface area contributed by atoms with Gasteiger partial charge in [-0.2, -0.15) is 0 Å². The molecule has 6 heteroatoms. The third-order valence-corrected chi connectivity index (χ3v) is 15.6. The molecular weight excluding hydrogens is 420 g/mol. The average molecular weight is 462 g/mol. The van der Waals surface area contributed by atoms with E-state index in [4.69, 9.17) is 0 Å². The van der Waals surface area contributed by atoms with E-state index in [1.54, 1.807) is 0 Å². The molecule has 0 bridgehead atoms. The largest absolute Gasteiger partial charge is 0.0696 e. The zero-order valence-electron chi connectivity index (χ0n) is 16.3. The van der Waals surface area contributed by atoms with Gasteiger partial charge in [0.1, 0.15) is 0 Å². The summed E-state index contributed by atoms with van der Waals surface area (Å²) in [7, 11) is -3.42. The van der Waals surface area contributed by atoms with Gasteiger partial charge in [0, 0.05) is 74.7 Å². The topological polar surface area (TPSA) is 0 Å². The molecule has 0 amide bonds. The van der Waals surface area contributed by atoms with Crippen LogP contribution in [0.15, 0.2) is 0 Å². The summed E-state index contributed by atoms with van der Waals surface area (Å²) in [6, 6.07) is 0. The zero-order valence-corrected chi connectivity index (χ0v) is 25.2. The van der Waals surface area contributed by atoms with E-state index in [9.17, 15) is 0 Å². The Kier molecular flexibility index (Phi) is 16.3. The second-order valence-corrected chi connectivity index (χ2v) is 31.0. The molecule has 0 aliphatic carbocycles. The van der Waals surface area contributed by atoms with Crippen molar-refractivity contribution in [3.8, 4) is 0 Å². The molecule has 0 rings (SSSR count). The molecule has 0 spiro atoms. The fourth-order valence-corrected chi connectivity index (χ4v) is 23.4. The molecule has 0 aliphatic heterocycles. The van der Waals surface area contributed by atoms with Gasteiger partial charge >= 0.3 is 0 Å². The van der Waals surface area contributed by atoms with Crippen molar-refractivity contribution >= 4 is 71.9 Å². The molecule has 0 atom stereocenters. The van der Waals surface area contributed by atoms with E-state index in [2.05, 4.69) is 89.9 Å². The summed E-state index contributed by atoms with van der Waals surface area (Å²) in [5.41, 5.74) is 5.31. The van der Waals surface area contributed by atoms with Gasteiger partial charge < -0.3 is 0 Å². The minimum Gasteiger partial charge on any atom is -0.0696 e. The summed E-state index contributed by atoms with van der Waals surface area (Å²) in [6.45, 7) is 28.9. The quantitative estimate of drug-likeness (QED) is 0.476. The molecule has 0 saturated carbocycles. The maximum absolute atomic E-state index is 2.65. The van der Waals surface area contributed by atoms with Crippen LogP contribution in [-0.4, -0.2) is 71.9 Å². The number of hydrogen-bond acceptors (Lipinski definition) is 0. The molecular formula is C14H42Ga2Si4. The van der Waals surface area contributed by atoms with Gasteiger partial charge in [0.2, 0.25) is 0 Å². The van der Waals surface area contributed by atoms with Gasteiger partial charge in [0.25, 0.3) is 0 Å². The Morgan fingerprint density at radius 2 is 0.500 bits per heavy atom. The van der Waals surface area contributed by atoms with E-state index in [-0.39, 0.29) is 42.4 Å². The summed E-state index contributed by atoms with van der Waals surface area (Å²) >= 11 is 0. The first-order chi connectivity index (χ1) is 7.41. The molecule has 0 saturated heterocycles. The Balaban J connectivity index is -0.0000000492. The van der Waals surface area contributed by atoms with E-state index in [1.165, 1.54) is 0 Å². The molecule has 0 aromatic rings. The van der Waals surface area contributed by atoms with Gasteiger partial charge in [-0.25, -0.2) is 0 Å². The van der Waals surface area contributed by atoms with Crippen LogP contribution >= 0.6 is 0 Å². The maximum atomic E-state index is 2.65. The van der Waals surface area contributed by atoms with Crippen molar-refractivity contribution in [3.63, 3.8) is 0 Å². The van der Waals surface area contributed by atoms with Gasteiger partial charge in [-0.15, -0.1) is 0 Å². The Morgan fingerprint density at radius 1 is 0.400 bits per heavy atom. The van der Waals surface area contributed by atoms with Crippen LogP contribution in [0.2, 0.25) is 78.6 Å². The number of rotatable bonds is 4. The Hall–Kier alpha value is 2.14. The van der Waals surface area contributed by atoms with Crippen LogP contribution in [0.4, 0.5) is 0 Å². The minimum absolute atomic E-state index is 0. The first kappa shape index (κ1) is 30.1. The molecule has 0 aliphatic rings. The molecule has 0 heterocycles. The van der Waals surface area contributed by atoms with Crippen molar-refractivity contribution in [1.82, 2.24) is 0 Å². The van der Waals surface area contributed by atoms with Gasteiger partial charge in [-0.1, -0.05) is 89.9 Å². The smallest absolute Gasteiger partial charge is 0.0444 e. The zero-order chi connectivity index (χ0) is 15.4. The molecule has 0 unspecified atom stereocenters. The van der Waals surface area contributed by atoms with Crippen LogP contribution < -0.4 is 0 Å². The summed E-state index contributed by atoms with van der Waals surface area (Å²) < 4.78 is 0. The standard InChI is InChI=1S/2C7H19Si2.2Ga.2H2/c2*1-8(2,3)7-9(4,5)6;;;;/h2*7H,1-6H3;;;2*1H. The van der Waals surface area contributed by atoms with E-state index in [1.807, 2.05) is 0 Å². The van der Waals surface area contributed by atoms with Gasteiger partial charge in [0.15, 0.2) is 0 Å². The average Bonchev–Trinajstić information content (AvgIpc) is 1.64. The first-order valence-corrected chi connectivity index (χ1v) is 21.5.